The molecule has 96 valence electrons. The third kappa shape index (κ3) is 2.08. The van der Waals surface area contributed by atoms with Crippen LogP contribution in [0.4, 0.5) is 0 Å². The lowest BCUT2D eigenvalue weighted by Gasteiger charge is -2.12. The molecule has 1 atom stereocenters. The Morgan fingerprint density at radius 3 is 2.79 bits per heavy atom. The maximum atomic E-state index is 11.4. The molecule has 0 spiro atoms. The van der Waals surface area contributed by atoms with Gasteiger partial charge in [0.15, 0.2) is 0 Å². The maximum Gasteiger partial charge on any atom is 0.327 e. The van der Waals surface area contributed by atoms with Gasteiger partial charge in [-0.3, -0.25) is 0 Å². The number of rotatable bonds is 4. The van der Waals surface area contributed by atoms with Crippen LogP contribution in [0.5, 0.6) is 0 Å². The van der Waals surface area contributed by atoms with E-state index in [0.29, 0.717) is 6.42 Å². The molecule has 2 N–H and O–H groups in total. The predicted molar refractivity (Wildman–Crippen MR) is 68.7 cm³/mol. The molecule has 0 fully saturated rings. The van der Waals surface area contributed by atoms with Crippen molar-refractivity contribution in [3.8, 4) is 0 Å². The van der Waals surface area contributed by atoms with Crippen molar-refractivity contribution < 1.29 is 9.90 Å². The number of benzene rings is 1. The standard InChI is InChI=1S/C13H12N4O2/c18-13(19)12(17-7-15-16-8-17)5-9-6-14-11-4-2-1-3-10(9)11/h1-4,6-8,12,14H,5H2,(H,18,19). The van der Waals surface area contributed by atoms with Gasteiger partial charge in [-0.15, -0.1) is 10.2 Å². The number of aromatic amines is 1. The van der Waals surface area contributed by atoms with Crippen molar-refractivity contribution in [2.24, 2.45) is 0 Å². The monoisotopic (exact) mass is 256 g/mol. The molecule has 6 heteroatoms. The summed E-state index contributed by atoms with van der Waals surface area (Å²) in [6, 6.07) is 7.12. The van der Waals surface area contributed by atoms with Gasteiger partial charge in [0.05, 0.1) is 0 Å². The Labute approximate surface area is 108 Å². The SMILES string of the molecule is O=C(O)C(Cc1c[nH]c2ccccc12)n1cnnc1. The summed E-state index contributed by atoms with van der Waals surface area (Å²) < 4.78 is 1.50. The van der Waals surface area contributed by atoms with Gasteiger partial charge in [0.1, 0.15) is 18.7 Å². The molecule has 0 radical (unpaired) electrons. The van der Waals surface area contributed by atoms with Gasteiger partial charge in [0.2, 0.25) is 0 Å². The van der Waals surface area contributed by atoms with Crippen molar-refractivity contribution in [3.63, 3.8) is 0 Å². The molecule has 0 saturated carbocycles. The molecule has 0 saturated heterocycles. The van der Waals surface area contributed by atoms with Gasteiger partial charge in [0, 0.05) is 23.5 Å². The van der Waals surface area contributed by atoms with E-state index >= 15 is 0 Å². The zero-order valence-electron chi connectivity index (χ0n) is 10.0. The molecule has 6 nitrogen and oxygen atoms in total. The van der Waals surface area contributed by atoms with Gasteiger partial charge in [-0.1, -0.05) is 18.2 Å². The van der Waals surface area contributed by atoms with Crippen molar-refractivity contribution in [3.05, 3.63) is 48.7 Å². The molecule has 0 amide bonds. The van der Waals surface area contributed by atoms with Gasteiger partial charge < -0.3 is 14.7 Å². The highest BCUT2D eigenvalue weighted by Gasteiger charge is 2.21. The fourth-order valence-corrected chi connectivity index (χ4v) is 2.20. The summed E-state index contributed by atoms with van der Waals surface area (Å²) in [6.45, 7) is 0. The van der Waals surface area contributed by atoms with E-state index in [0.717, 1.165) is 16.5 Å². The van der Waals surface area contributed by atoms with Crippen LogP contribution < -0.4 is 0 Å². The number of hydrogen-bond acceptors (Lipinski definition) is 3. The normalized spacial score (nSPS) is 12.6. The van der Waals surface area contributed by atoms with Crippen molar-refractivity contribution in [2.45, 2.75) is 12.5 Å². The lowest BCUT2D eigenvalue weighted by atomic mass is 10.1. The number of nitrogens with one attached hydrogen (secondary N) is 1. The molecule has 3 aromatic rings. The molecule has 19 heavy (non-hydrogen) atoms. The first kappa shape index (κ1) is 11.5. The summed E-state index contributed by atoms with van der Waals surface area (Å²) in [5.74, 6) is -0.898. The highest BCUT2D eigenvalue weighted by Crippen LogP contribution is 2.22. The number of aliphatic carboxylic acids is 1. The van der Waals surface area contributed by atoms with Gasteiger partial charge in [-0.2, -0.15) is 0 Å². The molecule has 1 unspecified atom stereocenters. The molecular formula is C13H12N4O2. The van der Waals surface area contributed by atoms with Crippen LogP contribution in [0, 0.1) is 0 Å². The van der Waals surface area contributed by atoms with Gasteiger partial charge in [-0.25, -0.2) is 4.79 Å². The van der Waals surface area contributed by atoms with E-state index in [1.807, 2.05) is 30.5 Å². The van der Waals surface area contributed by atoms with Crippen LogP contribution in [0.1, 0.15) is 11.6 Å². The molecule has 1 aromatic carbocycles. The zero-order chi connectivity index (χ0) is 13.2. The molecule has 2 heterocycles. The summed E-state index contributed by atoms with van der Waals surface area (Å²) in [5, 5.41) is 17.7. The van der Waals surface area contributed by atoms with Crippen molar-refractivity contribution >= 4 is 16.9 Å². The number of carboxylic acids is 1. The number of H-pyrrole nitrogens is 1. The average Bonchev–Trinajstić information content (AvgIpc) is 3.05. The summed E-state index contributed by atoms with van der Waals surface area (Å²) in [6.07, 6.45) is 5.09. The summed E-state index contributed by atoms with van der Waals surface area (Å²) in [7, 11) is 0. The van der Waals surface area contributed by atoms with E-state index in [9.17, 15) is 9.90 Å². The lowest BCUT2D eigenvalue weighted by Crippen LogP contribution is -2.20. The van der Waals surface area contributed by atoms with Crippen LogP contribution in [-0.2, 0) is 11.2 Å². The predicted octanol–water partition coefficient (Wildman–Crippen LogP) is 1.63. The second-order valence-electron chi connectivity index (χ2n) is 4.33. The lowest BCUT2D eigenvalue weighted by molar-refractivity contribution is -0.140. The van der Waals surface area contributed by atoms with Crippen molar-refractivity contribution in [2.75, 3.05) is 0 Å². The van der Waals surface area contributed by atoms with E-state index in [2.05, 4.69) is 15.2 Å². The number of carbonyl (C=O) groups is 1. The summed E-state index contributed by atoms with van der Waals surface area (Å²) in [4.78, 5) is 14.5. The highest BCUT2D eigenvalue weighted by atomic mass is 16.4. The molecule has 0 aliphatic heterocycles. The molecule has 0 bridgehead atoms. The third-order valence-electron chi connectivity index (χ3n) is 3.17. The number of hydrogen-bond donors (Lipinski definition) is 2. The van der Waals surface area contributed by atoms with Crippen molar-refractivity contribution in [1.82, 2.24) is 19.7 Å². The summed E-state index contributed by atoms with van der Waals surface area (Å²) >= 11 is 0. The molecule has 2 aromatic heterocycles. The topological polar surface area (TPSA) is 83.8 Å². The Kier molecular flexibility index (Phi) is 2.75. The van der Waals surface area contributed by atoms with Gasteiger partial charge in [-0.05, 0) is 11.6 Å². The van der Waals surface area contributed by atoms with Crippen LogP contribution in [0.15, 0.2) is 43.1 Å². The van der Waals surface area contributed by atoms with Crippen LogP contribution in [0.2, 0.25) is 0 Å². The number of nitrogens with zero attached hydrogens (tertiary/aromatic N) is 3. The fraction of sp³-hybridized carbons (Fsp3) is 0.154. The minimum Gasteiger partial charge on any atom is -0.480 e. The van der Waals surface area contributed by atoms with Gasteiger partial charge >= 0.3 is 5.97 Å². The van der Waals surface area contributed by atoms with Crippen LogP contribution >= 0.6 is 0 Å². The zero-order valence-corrected chi connectivity index (χ0v) is 10.0. The minimum atomic E-state index is -0.898. The Hall–Kier alpha value is -2.63. The Balaban J connectivity index is 1.96. The summed E-state index contributed by atoms with van der Waals surface area (Å²) in [5.41, 5.74) is 1.97. The first-order valence-corrected chi connectivity index (χ1v) is 5.87. The van der Waals surface area contributed by atoms with Crippen LogP contribution in [0.3, 0.4) is 0 Å². The third-order valence-corrected chi connectivity index (χ3v) is 3.17. The molecule has 3 rings (SSSR count). The fourth-order valence-electron chi connectivity index (χ4n) is 2.20. The minimum absolute atomic E-state index is 0.386. The molecule has 0 aliphatic carbocycles. The van der Waals surface area contributed by atoms with E-state index < -0.39 is 12.0 Å². The van der Waals surface area contributed by atoms with Gasteiger partial charge in [0.25, 0.3) is 0 Å². The Morgan fingerprint density at radius 1 is 1.32 bits per heavy atom. The maximum absolute atomic E-state index is 11.4. The molecular weight excluding hydrogens is 244 g/mol. The number of aromatic nitrogens is 4. The quantitative estimate of drug-likeness (QED) is 0.743. The first-order valence-electron chi connectivity index (χ1n) is 5.87. The molecule has 0 aliphatic rings. The van der Waals surface area contributed by atoms with E-state index in [1.54, 1.807) is 0 Å². The van der Waals surface area contributed by atoms with E-state index in [-0.39, 0.29) is 0 Å². The smallest absolute Gasteiger partial charge is 0.327 e. The van der Waals surface area contributed by atoms with Crippen LogP contribution in [-0.4, -0.2) is 30.8 Å². The number of fused-ring (bicyclic) bond motifs is 1. The average molecular weight is 256 g/mol. The van der Waals surface area contributed by atoms with E-state index in [1.165, 1.54) is 17.2 Å². The van der Waals surface area contributed by atoms with E-state index in [4.69, 9.17) is 0 Å². The highest BCUT2D eigenvalue weighted by molar-refractivity contribution is 5.84. The van der Waals surface area contributed by atoms with Crippen molar-refractivity contribution in [1.29, 1.82) is 0 Å². The first-order chi connectivity index (χ1) is 9.25. The number of para-hydroxylation sites is 1. The largest absolute Gasteiger partial charge is 0.480 e. The second kappa shape index (κ2) is 4.56. The second-order valence-corrected chi connectivity index (χ2v) is 4.33. The Bertz CT molecular complexity index is 702. The number of carboxylic acid groups (broad SMARTS) is 1. The van der Waals surface area contributed by atoms with Crippen LogP contribution in [0.25, 0.3) is 10.9 Å². The Morgan fingerprint density at radius 2 is 2.05 bits per heavy atom.